The lowest BCUT2D eigenvalue weighted by atomic mass is 9.88. The summed E-state index contributed by atoms with van der Waals surface area (Å²) < 4.78 is 16.4. The van der Waals surface area contributed by atoms with Crippen LogP contribution in [0.15, 0.2) is 65.4 Å². The fraction of sp³-hybridized carbons (Fsp3) is 0.379. The zero-order valence-electron chi connectivity index (χ0n) is 21.7. The number of methoxy groups -OCH3 is 2. The first kappa shape index (κ1) is 26.1. The molecule has 1 aliphatic heterocycles. The minimum absolute atomic E-state index is 0.0944. The molecule has 194 valence electrons. The van der Waals surface area contributed by atoms with Crippen molar-refractivity contribution in [3.8, 4) is 5.75 Å². The van der Waals surface area contributed by atoms with Gasteiger partial charge in [0.25, 0.3) is 5.91 Å². The van der Waals surface area contributed by atoms with Gasteiger partial charge in [-0.05, 0) is 49.4 Å². The molecule has 0 spiro atoms. The molecular formula is C29H32N2O6. The van der Waals surface area contributed by atoms with E-state index in [1.54, 1.807) is 31.5 Å². The Hall–Kier alpha value is -3.94. The molecule has 2 heterocycles. The van der Waals surface area contributed by atoms with Gasteiger partial charge in [-0.25, -0.2) is 0 Å². The zero-order chi connectivity index (χ0) is 26.5. The number of benzene rings is 1. The van der Waals surface area contributed by atoms with E-state index in [1.165, 1.54) is 14.2 Å². The molecular weight excluding hydrogens is 472 g/mol. The van der Waals surface area contributed by atoms with E-state index in [1.807, 2.05) is 23.1 Å². The van der Waals surface area contributed by atoms with Crippen molar-refractivity contribution in [2.75, 3.05) is 27.3 Å². The third kappa shape index (κ3) is 5.58. The summed E-state index contributed by atoms with van der Waals surface area (Å²) in [6, 6.07) is 9.07. The van der Waals surface area contributed by atoms with E-state index < -0.39 is 5.78 Å². The Kier molecular flexibility index (Phi) is 8.06. The summed E-state index contributed by atoms with van der Waals surface area (Å²) in [7, 11) is 2.67. The molecule has 1 amide bonds. The van der Waals surface area contributed by atoms with Gasteiger partial charge >= 0.3 is 0 Å². The highest BCUT2D eigenvalue weighted by Gasteiger charge is 2.35. The summed E-state index contributed by atoms with van der Waals surface area (Å²) >= 11 is 0. The van der Waals surface area contributed by atoms with Gasteiger partial charge in [0.05, 0.1) is 19.8 Å². The Labute approximate surface area is 216 Å². The summed E-state index contributed by atoms with van der Waals surface area (Å²) in [4.78, 5) is 45.5. The number of ether oxygens (including phenoxy) is 3. The van der Waals surface area contributed by atoms with Crippen molar-refractivity contribution in [1.29, 1.82) is 0 Å². The summed E-state index contributed by atoms with van der Waals surface area (Å²) in [6.07, 6.45) is 5.48. The third-order valence-electron chi connectivity index (χ3n) is 6.94. The van der Waals surface area contributed by atoms with Crippen LogP contribution < -0.4 is 4.74 Å². The zero-order valence-corrected chi connectivity index (χ0v) is 21.7. The first-order valence-corrected chi connectivity index (χ1v) is 12.4. The van der Waals surface area contributed by atoms with Crippen molar-refractivity contribution in [3.05, 3.63) is 82.1 Å². The van der Waals surface area contributed by atoms with Gasteiger partial charge in [-0.15, -0.1) is 0 Å². The van der Waals surface area contributed by atoms with E-state index in [-0.39, 0.29) is 36.2 Å². The maximum Gasteiger partial charge on any atom is 0.257 e. The first-order valence-electron chi connectivity index (χ1n) is 12.4. The van der Waals surface area contributed by atoms with Crippen LogP contribution in [-0.2, 0) is 32.1 Å². The largest absolute Gasteiger partial charge is 0.489 e. The number of Topliss-reactive ketones (excluding diaryl/α,β-unsaturated/α-hetero) is 2. The summed E-state index contributed by atoms with van der Waals surface area (Å²) in [6.45, 7) is 5.44. The van der Waals surface area contributed by atoms with Crippen LogP contribution in [0.4, 0.5) is 0 Å². The number of hydrogen-bond donors (Lipinski definition) is 0. The minimum Gasteiger partial charge on any atom is -0.489 e. The lowest BCUT2D eigenvalue weighted by molar-refractivity contribution is -0.121. The van der Waals surface area contributed by atoms with Crippen molar-refractivity contribution < 1.29 is 28.6 Å². The van der Waals surface area contributed by atoms with Gasteiger partial charge in [0.1, 0.15) is 12.4 Å². The summed E-state index contributed by atoms with van der Waals surface area (Å²) in [5, 5.41) is 0. The summed E-state index contributed by atoms with van der Waals surface area (Å²) in [5.41, 5.74) is 2.66. The van der Waals surface area contributed by atoms with Gasteiger partial charge in [-0.3, -0.25) is 19.4 Å². The van der Waals surface area contributed by atoms with Gasteiger partial charge < -0.3 is 19.1 Å². The molecule has 0 saturated carbocycles. The minimum atomic E-state index is -0.397. The van der Waals surface area contributed by atoms with Crippen molar-refractivity contribution in [1.82, 2.24) is 9.88 Å². The second-order valence-electron chi connectivity index (χ2n) is 9.46. The normalized spacial score (nSPS) is 16.8. The van der Waals surface area contributed by atoms with E-state index in [9.17, 15) is 14.4 Å². The molecule has 2 aliphatic rings. The molecule has 0 atom stereocenters. The van der Waals surface area contributed by atoms with Crippen LogP contribution in [0.2, 0.25) is 0 Å². The second kappa shape index (κ2) is 11.4. The molecule has 0 N–H and O–H groups in total. The highest BCUT2D eigenvalue weighted by molar-refractivity contribution is 6.23. The molecule has 8 heteroatoms. The van der Waals surface area contributed by atoms with Gasteiger partial charge in [-0.2, -0.15) is 0 Å². The van der Waals surface area contributed by atoms with Crippen LogP contribution in [-0.4, -0.2) is 54.7 Å². The number of ketones is 2. The standard InChI is InChI=1S/C29H32N2O6/c1-18-9-12-31(13-10-18)29(34)23-15-20(7-8-24(23)37-17-21-6-5-11-30-16-21)14-22-19(2)25(32)27(35-3)28(36-4)26(22)33/h5-8,11,15-16,18H,9-10,12-14,17H2,1-4H3. The van der Waals surface area contributed by atoms with Crippen molar-refractivity contribution in [2.45, 2.75) is 39.7 Å². The Morgan fingerprint density at radius 1 is 1.03 bits per heavy atom. The van der Waals surface area contributed by atoms with Crippen LogP contribution in [0, 0.1) is 5.92 Å². The molecule has 1 aromatic carbocycles. The molecule has 1 saturated heterocycles. The number of carbonyl (C=O) groups is 3. The molecule has 2 aromatic rings. The lowest BCUT2D eigenvalue weighted by Gasteiger charge is -2.31. The lowest BCUT2D eigenvalue weighted by Crippen LogP contribution is -2.38. The van der Waals surface area contributed by atoms with Crippen LogP contribution in [0.1, 0.15) is 48.2 Å². The first-order chi connectivity index (χ1) is 17.8. The van der Waals surface area contributed by atoms with Crippen molar-refractivity contribution >= 4 is 17.5 Å². The number of pyridine rings is 1. The van der Waals surface area contributed by atoms with Crippen LogP contribution in [0.25, 0.3) is 0 Å². The average Bonchev–Trinajstić information content (AvgIpc) is 2.92. The molecule has 4 rings (SSSR count). The smallest absolute Gasteiger partial charge is 0.257 e. The Morgan fingerprint density at radius 3 is 2.38 bits per heavy atom. The van der Waals surface area contributed by atoms with E-state index >= 15 is 0 Å². The number of carbonyl (C=O) groups excluding carboxylic acids is 3. The van der Waals surface area contributed by atoms with Gasteiger partial charge in [0.2, 0.25) is 23.1 Å². The van der Waals surface area contributed by atoms with Crippen LogP contribution in [0.3, 0.4) is 0 Å². The number of piperidine rings is 1. The van der Waals surface area contributed by atoms with Gasteiger partial charge in [0, 0.05) is 48.6 Å². The fourth-order valence-electron chi connectivity index (χ4n) is 4.62. The molecule has 1 fully saturated rings. The monoisotopic (exact) mass is 504 g/mol. The van der Waals surface area contributed by atoms with E-state index in [2.05, 4.69) is 11.9 Å². The highest BCUT2D eigenvalue weighted by Crippen LogP contribution is 2.31. The number of amides is 1. The van der Waals surface area contributed by atoms with Crippen LogP contribution in [0.5, 0.6) is 5.75 Å². The molecule has 0 bridgehead atoms. The van der Waals surface area contributed by atoms with E-state index in [0.29, 0.717) is 47.0 Å². The van der Waals surface area contributed by atoms with Crippen LogP contribution >= 0.6 is 0 Å². The molecule has 0 radical (unpaired) electrons. The number of rotatable bonds is 8. The quantitative estimate of drug-likeness (QED) is 0.501. The number of allylic oxidation sites excluding steroid dienone is 2. The Balaban J connectivity index is 1.65. The van der Waals surface area contributed by atoms with Gasteiger partial charge in [-0.1, -0.05) is 19.1 Å². The SMILES string of the molecule is COC1=C(OC)C(=O)C(Cc2ccc(OCc3cccnc3)c(C(=O)N3CCC(C)CC3)c2)=C(C)C1=O. The predicted octanol–water partition coefficient (Wildman–Crippen LogP) is 4.05. The Bertz CT molecular complexity index is 1260. The fourth-order valence-corrected chi connectivity index (χ4v) is 4.62. The maximum absolute atomic E-state index is 13.6. The predicted molar refractivity (Wildman–Crippen MR) is 137 cm³/mol. The van der Waals surface area contributed by atoms with Crippen molar-refractivity contribution in [3.63, 3.8) is 0 Å². The second-order valence-corrected chi connectivity index (χ2v) is 9.46. The number of aromatic nitrogens is 1. The molecule has 8 nitrogen and oxygen atoms in total. The average molecular weight is 505 g/mol. The van der Waals surface area contributed by atoms with E-state index in [4.69, 9.17) is 14.2 Å². The Morgan fingerprint density at radius 2 is 1.73 bits per heavy atom. The number of likely N-dealkylation sites (tertiary alicyclic amines) is 1. The van der Waals surface area contributed by atoms with Crippen molar-refractivity contribution in [2.24, 2.45) is 5.92 Å². The molecule has 1 aliphatic carbocycles. The third-order valence-corrected chi connectivity index (χ3v) is 6.94. The molecule has 0 unspecified atom stereocenters. The number of hydrogen-bond acceptors (Lipinski definition) is 7. The molecule has 1 aromatic heterocycles. The number of nitrogens with zero attached hydrogens (tertiary/aromatic N) is 2. The summed E-state index contributed by atoms with van der Waals surface area (Å²) in [5.74, 6) is -0.0406. The highest BCUT2D eigenvalue weighted by atomic mass is 16.5. The maximum atomic E-state index is 13.6. The van der Waals surface area contributed by atoms with E-state index in [0.717, 1.165) is 18.4 Å². The topological polar surface area (TPSA) is 95.0 Å². The van der Waals surface area contributed by atoms with Gasteiger partial charge in [0.15, 0.2) is 0 Å². The molecule has 37 heavy (non-hydrogen) atoms.